The summed E-state index contributed by atoms with van der Waals surface area (Å²) in [6, 6.07) is 6.10. The van der Waals surface area contributed by atoms with E-state index in [-0.39, 0.29) is 11.6 Å². The molecule has 0 saturated heterocycles. The average Bonchev–Trinajstić information content (AvgIpc) is 2.84. The predicted molar refractivity (Wildman–Crippen MR) is 75.6 cm³/mol. The highest BCUT2D eigenvalue weighted by molar-refractivity contribution is 5.54. The highest BCUT2D eigenvalue weighted by Gasteiger charge is 2.21. The molecule has 0 aliphatic rings. The second-order valence-corrected chi connectivity index (χ2v) is 5.35. The Morgan fingerprint density at radius 2 is 2.26 bits per heavy atom. The van der Waals surface area contributed by atoms with Gasteiger partial charge in [-0.1, -0.05) is 6.07 Å². The third kappa shape index (κ3) is 3.12. The van der Waals surface area contributed by atoms with E-state index in [1.54, 1.807) is 7.11 Å². The van der Waals surface area contributed by atoms with Crippen LogP contribution in [-0.4, -0.2) is 22.3 Å². The zero-order valence-electron chi connectivity index (χ0n) is 11.8. The van der Waals surface area contributed by atoms with Crippen LogP contribution in [0.4, 0.5) is 0 Å². The fraction of sp³-hybridized carbons (Fsp3) is 0.500. The Labute approximate surface area is 113 Å². The van der Waals surface area contributed by atoms with E-state index in [1.807, 2.05) is 35.1 Å². The van der Waals surface area contributed by atoms with Crippen LogP contribution in [0.2, 0.25) is 0 Å². The molecule has 0 fully saturated rings. The maximum atomic E-state index is 5.70. The summed E-state index contributed by atoms with van der Waals surface area (Å²) in [6.07, 6.45) is 5.63. The molecule has 3 N–H and O–H groups in total. The number of pyridine rings is 1. The summed E-state index contributed by atoms with van der Waals surface area (Å²) in [7, 11) is 1.74. The van der Waals surface area contributed by atoms with Gasteiger partial charge in [0.05, 0.1) is 17.3 Å². The van der Waals surface area contributed by atoms with E-state index in [0.717, 1.165) is 23.9 Å². The van der Waals surface area contributed by atoms with E-state index in [1.165, 1.54) is 0 Å². The third-order valence-corrected chi connectivity index (χ3v) is 3.62. The van der Waals surface area contributed by atoms with Crippen molar-refractivity contribution in [1.82, 2.24) is 15.0 Å². The lowest BCUT2D eigenvalue weighted by molar-refractivity contribution is 0.0117. The minimum Gasteiger partial charge on any atom is -0.379 e. The monoisotopic (exact) mass is 262 g/mol. The van der Waals surface area contributed by atoms with Gasteiger partial charge in [0.1, 0.15) is 0 Å². The van der Waals surface area contributed by atoms with Crippen molar-refractivity contribution in [1.29, 1.82) is 0 Å². The summed E-state index contributed by atoms with van der Waals surface area (Å²) in [5.74, 6) is 5.70. The zero-order chi connectivity index (χ0) is 13.9. The first kappa shape index (κ1) is 14.0. The molecule has 0 saturated carbocycles. The Hall–Kier alpha value is -1.43. The fourth-order valence-electron chi connectivity index (χ4n) is 2.15. The normalized spacial score (nSPS) is 13.9. The summed E-state index contributed by atoms with van der Waals surface area (Å²) in [6.45, 7) is 4.16. The standard InChI is InChI=1S/C14H22N4O/c1-14(2,19-3)8-7-12(17-15)11-10-16-18-9-5-4-6-13(11)18/h4-6,9-10,12,17H,7-8,15H2,1-3H3. The Bertz CT molecular complexity index is 535. The van der Waals surface area contributed by atoms with E-state index >= 15 is 0 Å². The molecule has 2 aromatic rings. The first-order valence-corrected chi connectivity index (χ1v) is 6.51. The number of fused-ring (bicyclic) bond motifs is 1. The lowest BCUT2D eigenvalue weighted by Gasteiger charge is -2.25. The predicted octanol–water partition coefficient (Wildman–Crippen LogP) is 2.04. The molecule has 0 aliphatic carbocycles. The smallest absolute Gasteiger partial charge is 0.0709 e. The van der Waals surface area contributed by atoms with Gasteiger partial charge in [-0.3, -0.25) is 11.3 Å². The number of hydrogen-bond donors (Lipinski definition) is 2. The second kappa shape index (κ2) is 5.69. The molecule has 1 unspecified atom stereocenters. The Kier molecular flexibility index (Phi) is 4.19. The van der Waals surface area contributed by atoms with E-state index in [9.17, 15) is 0 Å². The molecule has 5 heteroatoms. The van der Waals surface area contributed by atoms with E-state index in [0.29, 0.717) is 0 Å². The number of aromatic nitrogens is 2. The van der Waals surface area contributed by atoms with Gasteiger partial charge in [0.25, 0.3) is 0 Å². The number of hydrogen-bond acceptors (Lipinski definition) is 4. The number of methoxy groups -OCH3 is 1. The van der Waals surface area contributed by atoms with Gasteiger partial charge in [0.15, 0.2) is 0 Å². The topological polar surface area (TPSA) is 64.6 Å². The summed E-state index contributed by atoms with van der Waals surface area (Å²) in [5, 5.41) is 4.34. The van der Waals surface area contributed by atoms with E-state index < -0.39 is 0 Å². The number of nitrogens with two attached hydrogens (primary N) is 1. The molecule has 19 heavy (non-hydrogen) atoms. The number of rotatable bonds is 6. The number of ether oxygens (including phenoxy) is 1. The van der Waals surface area contributed by atoms with Gasteiger partial charge in [0, 0.05) is 24.9 Å². The number of nitrogens with zero attached hydrogens (tertiary/aromatic N) is 2. The zero-order valence-corrected chi connectivity index (χ0v) is 11.8. The first-order valence-electron chi connectivity index (χ1n) is 6.51. The van der Waals surface area contributed by atoms with Gasteiger partial charge in [0.2, 0.25) is 0 Å². The summed E-state index contributed by atoms with van der Waals surface area (Å²) < 4.78 is 7.31. The Balaban J connectivity index is 2.18. The Morgan fingerprint density at radius 1 is 1.47 bits per heavy atom. The van der Waals surface area contributed by atoms with Gasteiger partial charge in [-0.2, -0.15) is 5.10 Å². The number of hydrazine groups is 1. The average molecular weight is 262 g/mol. The largest absolute Gasteiger partial charge is 0.379 e. The molecule has 2 rings (SSSR count). The van der Waals surface area contributed by atoms with Crippen LogP contribution < -0.4 is 11.3 Å². The molecule has 0 radical (unpaired) electrons. The van der Waals surface area contributed by atoms with Crippen LogP contribution in [0.25, 0.3) is 5.52 Å². The molecule has 5 nitrogen and oxygen atoms in total. The molecular formula is C14H22N4O. The number of nitrogens with one attached hydrogen (secondary N) is 1. The molecule has 1 atom stereocenters. The van der Waals surface area contributed by atoms with Crippen LogP contribution in [0.15, 0.2) is 30.6 Å². The molecule has 104 valence electrons. The summed E-state index contributed by atoms with van der Waals surface area (Å²) in [4.78, 5) is 0. The van der Waals surface area contributed by atoms with Gasteiger partial charge >= 0.3 is 0 Å². The van der Waals surface area contributed by atoms with Crippen molar-refractivity contribution in [2.45, 2.75) is 38.3 Å². The minimum atomic E-state index is -0.141. The molecular weight excluding hydrogens is 240 g/mol. The van der Waals surface area contributed by atoms with Crippen LogP contribution in [0.5, 0.6) is 0 Å². The van der Waals surface area contributed by atoms with Crippen LogP contribution in [0.3, 0.4) is 0 Å². The maximum absolute atomic E-state index is 5.70. The molecule has 0 aliphatic heterocycles. The molecule has 0 spiro atoms. The summed E-state index contributed by atoms with van der Waals surface area (Å²) >= 11 is 0. The van der Waals surface area contributed by atoms with Crippen molar-refractivity contribution < 1.29 is 4.74 Å². The SMILES string of the molecule is COC(C)(C)CCC(NN)c1cnn2ccccc12. The van der Waals surface area contributed by atoms with Gasteiger partial charge in [-0.15, -0.1) is 0 Å². The second-order valence-electron chi connectivity index (χ2n) is 5.35. The van der Waals surface area contributed by atoms with Crippen LogP contribution >= 0.6 is 0 Å². The third-order valence-electron chi connectivity index (χ3n) is 3.62. The highest BCUT2D eigenvalue weighted by atomic mass is 16.5. The fourth-order valence-corrected chi connectivity index (χ4v) is 2.15. The molecule has 2 aromatic heterocycles. The molecule has 0 bridgehead atoms. The van der Waals surface area contributed by atoms with Crippen molar-refractivity contribution in [3.8, 4) is 0 Å². The lowest BCUT2D eigenvalue weighted by atomic mass is 9.96. The van der Waals surface area contributed by atoms with Gasteiger partial charge in [-0.25, -0.2) is 4.52 Å². The molecule has 0 amide bonds. The minimum absolute atomic E-state index is 0.0781. The van der Waals surface area contributed by atoms with Crippen molar-refractivity contribution >= 4 is 5.52 Å². The summed E-state index contributed by atoms with van der Waals surface area (Å²) in [5.41, 5.74) is 4.95. The van der Waals surface area contributed by atoms with Crippen LogP contribution in [0.1, 0.15) is 38.3 Å². The quantitative estimate of drug-likeness (QED) is 0.617. The highest BCUT2D eigenvalue weighted by Crippen LogP contribution is 2.26. The maximum Gasteiger partial charge on any atom is 0.0709 e. The van der Waals surface area contributed by atoms with Crippen molar-refractivity contribution in [2.75, 3.05) is 7.11 Å². The van der Waals surface area contributed by atoms with Crippen molar-refractivity contribution in [3.63, 3.8) is 0 Å². The van der Waals surface area contributed by atoms with Crippen molar-refractivity contribution in [3.05, 3.63) is 36.2 Å². The molecule has 2 heterocycles. The van der Waals surface area contributed by atoms with Gasteiger partial charge < -0.3 is 4.74 Å². The van der Waals surface area contributed by atoms with E-state index in [2.05, 4.69) is 24.4 Å². The van der Waals surface area contributed by atoms with Crippen LogP contribution in [0, 0.1) is 0 Å². The van der Waals surface area contributed by atoms with Gasteiger partial charge in [-0.05, 0) is 38.8 Å². The Morgan fingerprint density at radius 3 is 2.95 bits per heavy atom. The lowest BCUT2D eigenvalue weighted by Crippen LogP contribution is -2.31. The molecule has 0 aromatic carbocycles. The van der Waals surface area contributed by atoms with E-state index in [4.69, 9.17) is 10.6 Å². The first-order chi connectivity index (χ1) is 9.07. The van der Waals surface area contributed by atoms with Crippen molar-refractivity contribution in [2.24, 2.45) is 5.84 Å². The van der Waals surface area contributed by atoms with Crippen LogP contribution in [-0.2, 0) is 4.74 Å².